The molecule has 0 spiro atoms. The summed E-state index contributed by atoms with van der Waals surface area (Å²) in [5.74, 6) is -0.301. The monoisotopic (exact) mass is 384 g/mol. The van der Waals surface area contributed by atoms with Crippen molar-refractivity contribution in [3.05, 3.63) is 23.8 Å². The quantitative estimate of drug-likeness (QED) is 0.762. The molecule has 1 saturated heterocycles. The summed E-state index contributed by atoms with van der Waals surface area (Å²) in [7, 11) is -3.66. The maximum absolute atomic E-state index is 12.3. The van der Waals surface area contributed by atoms with E-state index in [-0.39, 0.29) is 11.8 Å². The minimum absolute atomic E-state index is 0.301. The van der Waals surface area contributed by atoms with Crippen molar-refractivity contribution in [1.29, 1.82) is 0 Å². The number of sulfonamides is 1. The highest BCUT2D eigenvalue weighted by atomic mass is 32.2. The van der Waals surface area contributed by atoms with Crippen molar-refractivity contribution in [2.75, 3.05) is 36.8 Å². The van der Waals surface area contributed by atoms with Gasteiger partial charge >= 0.3 is 6.09 Å². The standard InChI is InChI=1S/C17H28N4O4S/c1-17(2,3)25-16(22)21-8-4-7-20(9-10-21)14-5-6-15(18)13(11-14)12-26(19,23)24/h5-6,11H,4,7-10,12,18H2,1-3H3,(H2,19,23,24). The van der Waals surface area contributed by atoms with E-state index in [1.165, 1.54) is 0 Å². The Balaban J connectivity index is 2.09. The molecular weight excluding hydrogens is 356 g/mol. The van der Waals surface area contributed by atoms with Crippen molar-refractivity contribution in [2.24, 2.45) is 5.14 Å². The van der Waals surface area contributed by atoms with Gasteiger partial charge in [-0.2, -0.15) is 0 Å². The Morgan fingerprint density at radius 2 is 1.88 bits per heavy atom. The van der Waals surface area contributed by atoms with Crippen molar-refractivity contribution in [3.8, 4) is 0 Å². The van der Waals surface area contributed by atoms with E-state index in [0.29, 0.717) is 30.9 Å². The lowest BCUT2D eigenvalue weighted by Crippen LogP contribution is -2.39. The maximum Gasteiger partial charge on any atom is 0.410 e. The number of carbonyl (C=O) groups is 1. The molecule has 8 nitrogen and oxygen atoms in total. The van der Waals surface area contributed by atoms with Gasteiger partial charge in [0, 0.05) is 37.6 Å². The molecule has 0 aromatic heterocycles. The molecule has 1 amide bonds. The van der Waals surface area contributed by atoms with Crippen LogP contribution in [0.15, 0.2) is 18.2 Å². The molecule has 0 radical (unpaired) electrons. The van der Waals surface area contributed by atoms with Crippen molar-refractivity contribution < 1.29 is 17.9 Å². The van der Waals surface area contributed by atoms with Gasteiger partial charge in [-0.3, -0.25) is 0 Å². The Hall–Kier alpha value is -2.00. The summed E-state index contributed by atoms with van der Waals surface area (Å²) in [6.45, 7) is 8.05. The number of anilines is 2. The fourth-order valence-electron chi connectivity index (χ4n) is 2.82. The average molecular weight is 385 g/mol. The normalized spacial score (nSPS) is 16.3. The minimum atomic E-state index is -3.66. The number of hydrogen-bond donors (Lipinski definition) is 2. The Labute approximate surface area is 155 Å². The van der Waals surface area contributed by atoms with Gasteiger partial charge < -0.3 is 20.3 Å². The lowest BCUT2D eigenvalue weighted by atomic mass is 10.1. The molecule has 2 rings (SSSR count). The van der Waals surface area contributed by atoms with Gasteiger partial charge in [-0.1, -0.05) is 0 Å². The Kier molecular flexibility index (Phi) is 6.02. The zero-order valence-electron chi connectivity index (χ0n) is 15.6. The van der Waals surface area contributed by atoms with E-state index in [4.69, 9.17) is 15.6 Å². The lowest BCUT2D eigenvalue weighted by Gasteiger charge is -2.27. The molecule has 0 saturated carbocycles. The highest BCUT2D eigenvalue weighted by Gasteiger charge is 2.24. The highest BCUT2D eigenvalue weighted by Crippen LogP contribution is 2.24. The number of amides is 1. The second kappa shape index (κ2) is 7.71. The molecule has 1 aromatic rings. The first-order valence-electron chi connectivity index (χ1n) is 8.56. The van der Waals surface area contributed by atoms with Crippen LogP contribution in [0, 0.1) is 0 Å². The minimum Gasteiger partial charge on any atom is -0.444 e. The van der Waals surface area contributed by atoms with E-state index in [9.17, 15) is 13.2 Å². The van der Waals surface area contributed by atoms with Gasteiger partial charge in [-0.25, -0.2) is 18.4 Å². The SMILES string of the molecule is CC(C)(C)OC(=O)N1CCCN(c2ccc(N)c(CS(N)(=O)=O)c2)CC1. The van der Waals surface area contributed by atoms with Crippen LogP contribution in [0.25, 0.3) is 0 Å². The van der Waals surface area contributed by atoms with Crippen LogP contribution in [0.4, 0.5) is 16.2 Å². The zero-order chi connectivity index (χ0) is 19.5. The molecule has 1 aliphatic rings. The van der Waals surface area contributed by atoms with Crippen LogP contribution in [-0.2, 0) is 20.5 Å². The van der Waals surface area contributed by atoms with Gasteiger partial charge in [0.1, 0.15) is 5.60 Å². The second-order valence-corrected chi connectivity index (χ2v) is 9.11. The summed E-state index contributed by atoms with van der Waals surface area (Å²) in [5.41, 5.74) is 7.09. The Bertz CT molecular complexity index is 759. The summed E-state index contributed by atoms with van der Waals surface area (Å²) in [4.78, 5) is 16.1. The molecule has 4 N–H and O–H groups in total. The summed E-state index contributed by atoms with van der Waals surface area (Å²) in [6, 6.07) is 5.29. The van der Waals surface area contributed by atoms with Gasteiger partial charge in [-0.15, -0.1) is 0 Å². The first-order valence-corrected chi connectivity index (χ1v) is 10.3. The van der Waals surface area contributed by atoms with Crippen LogP contribution in [0.5, 0.6) is 0 Å². The summed E-state index contributed by atoms with van der Waals surface area (Å²) in [6.07, 6.45) is 0.472. The molecule has 1 heterocycles. The second-order valence-electron chi connectivity index (χ2n) is 7.50. The molecule has 146 valence electrons. The number of nitrogens with zero attached hydrogens (tertiary/aromatic N) is 2. The van der Waals surface area contributed by atoms with Crippen LogP contribution in [-0.4, -0.2) is 51.2 Å². The molecule has 26 heavy (non-hydrogen) atoms. The van der Waals surface area contributed by atoms with Crippen LogP contribution in [0.2, 0.25) is 0 Å². The molecule has 9 heteroatoms. The zero-order valence-corrected chi connectivity index (χ0v) is 16.4. The van der Waals surface area contributed by atoms with E-state index >= 15 is 0 Å². The number of hydrogen-bond acceptors (Lipinski definition) is 6. The fraction of sp³-hybridized carbons (Fsp3) is 0.588. The van der Waals surface area contributed by atoms with Crippen LogP contribution >= 0.6 is 0 Å². The van der Waals surface area contributed by atoms with Gasteiger partial charge in [-0.05, 0) is 51.0 Å². The predicted octanol–water partition coefficient (Wildman–Crippen LogP) is 1.50. The largest absolute Gasteiger partial charge is 0.444 e. The molecule has 0 atom stereocenters. The molecular formula is C17H28N4O4S. The van der Waals surface area contributed by atoms with E-state index in [0.717, 1.165) is 18.7 Å². The van der Waals surface area contributed by atoms with Crippen LogP contribution in [0.1, 0.15) is 32.8 Å². The summed E-state index contributed by atoms with van der Waals surface area (Å²) < 4.78 is 28.2. The molecule has 1 fully saturated rings. The summed E-state index contributed by atoms with van der Waals surface area (Å²) in [5, 5.41) is 5.14. The molecule has 0 bridgehead atoms. The number of nitrogens with two attached hydrogens (primary N) is 2. The molecule has 0 aliphatic carbocycles. The van der Waals surface area contributed by atoms with E-state index < -0.39 is 15.6 Å². The van der Waals surface area contributed by atoms with Gasteiger partial charge in [0.15, 0.2) is 0 Å². The van der Waals surface area contributed by atoms with E-state index in [1.807, 2.05) is 26.8 Å². The Morgan fingerprint density at radius 1 is 1.19 bits per heavy atom. The molecule has 1 aliphatic heterocycles. The van der Waals surface area contributed by atoms with Crippen molar-refractivity contribution in [3.63, 3.8) is 0 Å². The highest BCUT2D eigenvalue weighted by molar-refractivity contribution is 7.88. The van der Waals surface area contributed by atoms with Crippen LogP contribution in [0.3, 0.4) is 0 Å². The number of benzene rings is 1. The fourth-order valence-corrected chi connectivity index (χ4v) is 3.50. The van der Waals surface area contributed by atoms with Crippen molar-refractivity contribution in [2.45, 2.75) is 38.5 Å². The van der Waals surface area contributed by atoms with Crippen LogP contribution < -0.4 is 15.8 Å². The van der Waals surface area contributed by atoms with Gasteiger partial charge in [0.05, 0.1) is 5.75 Å². The number of ether oxygens (including phenoxy) is 1. The smallest absolute Gasteiger partial charge is 0.410 e. The van der Waals surface area contributed by atoms with Gasteiger partial charge in [0.2, 0.25) is 10.0 Å². The lowest BCUT2D eigenvalue weighted by molar-refractivity contribution is 0.0263. The molecule has 1 aromatic carbocycles. The van der Waals surface area contributed by atoms with E-state index in [1.54, 1.807) is 17.0 Å². The average Bonchev–Trinajstić information content (AvgIpc) is 2.72. The third kappa shape index (κ3) is 6.06. The first-order chi connectivity index (χ1) is 11.9. The number of rotatable bonds is 3. The van der Waals surface area contributed by atoms with Crippen molar-refractivity contribution >= 4 is 27.5 Å². The number of nitrogen functional groups attached to an aromatic ring is 1. The Morgan fingerprint density at radius 3 is 2.50 bits per heavy atom. The third-order valence-corrected chi connectivity index (χ3v) is 4.71. The summed E-state index contributed by atoms with van der Waals surface area (Å²) >= 11 is 0. The topological polar surface area (TPSA) is 119 Å². The number of primary sulfonamides is 1. The maximum atomic E-state index is 12.3. The van der Waals surface area contributed by atoms with Crippen molar-refractivity contribution in [1.82, 2.24) is 4.90 Å². The number of carbonyl (C=O) groups excluding carboxylic acids is 1. The van der Waals surface area contributed by atoms with Gasteiger partial charge in [0.25, 0.3) is 0 Å². The molecule has 0 unspecified atom stereocenters. The first kappa shape index (κ1) is 20.3. The van der Waals surface area contributed by atoms with E-state index in [2.05, 4.69) is 4.90 Å². The predicted molar refractivity (Wildman–Crippen MR) is 102 cm³/mol. The third-order valence-electron chi connectivity index (χ3n) is 4.00.